The van der Waals surface area contributed by atoms with E-state index in [-0.39, 0.29) is 6.10 Å². The van der Waals surface area contributed by atoms with E-state index in [4.69, 9.17) is 5.26 Å². The highest BCUT2D eigenvalue weighted by Gasteiger charge is 2.30. The molecule has 3 heteroatoms. The van der Waals surface area contributed by atoms with Crippen molar-refractivity contribution in [2.75, 3.05) is 0 Å². The molecule has 0 aromatic carbocycles. The number of aliphatic hydroxyl groups excluding tert-OH is 1. The summed E-state index contributed by atoms with van der Waals surface area (Å²) in [6.45, 7) is 0. The molecular formula is C21H31NOS. The van der Waals surface area contributed by atoms with E-state index in [0.717, 1.165) is 37.5 Å². The van der Waals surface area contributed by atoms with Gasteiger partial charge in [0.15, 0.2) is 0 Å². The molecule has 0 spiro atoms. The third-order valence-corrected chi connectivity index (χ3v) is 7.48. The van der Waals surface area contributed by atoms with E-state index in [9.17, 15) is 5.11 Å². The Hall–Kier alpha value is -0.640. The molecular weight excluding hydrogens is 314 g/mol. The first-order chi connectivity index (χ1) is 11.7. The average molecular weight is 346 g/mol. The van der Waals surface area contributed by atoms with Crippen LogP contribution in [0, 0.1) is 46.2 Å². The van der Waals surface area contributed by atoms with Gasteiger partial charge in [-0.3, -0.25) is 0 Å². The van der Waals surface area contributed by atoms with E-state index in [1.165, 1.54) is 63.1 Å². The smallest absolute Gasteiger partial charge is 0.133 e. The van der Waals surface area contributed by atoms with Gasteiger partial charge in [-0.2, -0.15) is 5.26 Å². The molecule has 0 bridgehead atoms. The Balaban J connectivity index is 1.38. The zero-order valence-electron chi connectivity index (χ0n) is 14.8. The fraction of sp³-hybridized carbons (Fsp3) is 0.857. The molecule has 1 N–H and O–H groups in total. The Morgan fingerprint density at radius 2 is 1.12 bits per heavy atom. The molecule has 3 rings (SSSR count). The molecule has 0 amide bonds. The maximum atomic E-state index is 9.67. The largest absolute Gasteiger partial charge is 0.393 e. The Kier molecular flexibility index (Phi) is 6.94. The van der Waals surface area contributed by atoms with Crippen molar-refractivity contribution in [3.05, 3.63) is 0 Å². The van der Waals surface area contributed by atoms with E-state index in [1.807, 2.05) is 0 Å². The first-order valence-corrected chi connectivity index (χ1v) is 10.9. The molecule has 0 saturated heterocycles. The number of nitriles is 1. The van der Waals surface area contributed by atoms with Crippen LogP contribution in [0.1, 0.15) is 77.0 Å². The number of thioether (sulfide) groups is 1. The van der Waals surface area contributed by atoms with Gasteiger partial charge in [0.25, 0.3) is 0 Å². The minimum atomic E-state index is -0.0230. The van der Waals surface area contributed by atoms with Crippen molar-refractivity contribution in [1.82, 2.24) is 0 Å². The lowest BCUT2D eigenvalue weighted by Crippen LogP contribution is -2.27. The van der Waals surface area contributed by atoms with Crippen molar-refractivity contribution < 1.29 is 5.11 Å². The van der Waals surface area contributed by atoms with E-state index in [0.29, 0.717) is 17.1 Å². The minimum Gasteiger partial charge on any atom is -0.393 e. The summed E-state index contributed by atoms with van der Waals surface area (Å²) in [6, 6.07) is 0. The highest BCUT2D eigenvalue weighted by atomic mass is 32.2. The SMILES string of the molecule is N#CSC1CCC(C#CC2CCC(C3CCC(O)CC3)CC2)CC1. The van der Waals surface area contributed by atoms with Crippen molar-refractivity contribution in [1.29, 1.82) is 5.26 Å². The van der Waals surface area contributed by atoms with Crippen LogP contribution in [0.2, 0.25) is 0 Å². The van der Waals surface area contributed by atoms with E-state index in [1.54, 1.807) is 0 Å². The van der Waals surface area contributed by atoms with Crippen LogP contribution in [0.3, 0.4) is 0 Å². The molecule has 2 nitrogen and oxygen atoms in total. The molecule has 132 valence electrons. The molecule has 3 fully saturated rings. The zero-order chi connectivity index (χ0) is 16.8. The summed E-state index contributed by atoms with van der Waals surface area (Å²) in [5.41, 5.74) is 0. The molecule has 3 aliphatic rings. The summed E-state index contributed by atoms with van der Waals surface area (Å²) in [6.07, 6.45) is 14.5. The first-order valence-electron chi connectivity index (χ1n) is 9.98. The molecule has 0 unspecified atom stereocenters. The van der Waals surface area contributed by atoms with Crippen LogP contribution in [0.4, 0.5) is 0 Å². The van der Waals surface area contributed by atoms with Crippen molar-refractivity contribution in [3.8, 4) is 17.2 Å². The maximum absolute atomic E-state index is 9.67. The highest BCUT2D eigenvalue weighted by molar-refractivity contribution is 8.04. The lowest BCUT2D eigenvalue weighted by atomic mass is 9.70. The number of rotatable bonds is 2. The number of hydrogen-bond acceptors (Lipinski definition) is 3. The highest BCUT2D eigenvalue weighted by Crippen LogP contribution is 2.40. The van der Waals surface area contributed by atoms with Crippen LogP contribution in [0.5, 0.6) is 0 Å². The van der Waals surface area contributed by atoms with E-state index < -0.39 is 0 Å². The minimum absolute atomic E-state index is 0.0230. The predicted octanol–water partition coefficient (Wildman–Crippen LogP) is 5.12. The van der Waals surface area contributed by atoms with E-state index in [2.05, 4.69) is 17.2 Å². The van der Waals surface area contributed by atoms with Crippen LogP contribution in [0.15, 0.2) is 0 Å². The van der Waals surface area contributed by atoms with Gasteiger partial charge < -0.3 is 5.11 Å². The first kappa shape index (κ1) is 18.2. The number of hydrogen-bond donors (Lipinski definition) is 1. The predicted molar refractivity (Wildman–Crippen MR) is 100 cm³/mol. The third kappa shape index (κ3) is 5.18. The normalized spacial score (nSPS) is 40.2. The standard InChI is InChI=1S/C21H31NOS/c22-15-24-21-13-5-17(6-14-21)2-1-16-3-7-18(8-4-16)19-9-11-20(23)12-10-19/h16-21,23H,3-14H2. The fourth-order valence-electron chi connectivity index (χ4n) is 4.94. The molecule has 0 heterocycles. The van der Waals surface area contributed by atoms with E-state index >= 15 is 0 Å². The number of thiocyanates is 1. The van der Waals surface area contributed by atoms with Gasteiger partial charge in [0.1, 0.15) is 5.40 Å². The van der Waals surface area contributed by atoms with Crippen LogP contribution in [-0.4, -0.2) is 16.5 Å². The summed E-state index contributed by atoms with van der Waals surface area (Å²) in [4.78, 5) is 0. The summed E-state index contributed by atoms with van der Waals surface area (Å²) < 4.78 is 0. The molecule has 3 aliphatic carbocycles. The molecule has 0 aromatic heterocycles. The Morgan fingerprint density at radius 3 is 1.62 bits per heavy atom. The van der Waals surface area contributed by atoms with Crippen LogP contribution < -0.4 is 0 Å². The van der Waals surface area contributed by atoms with Gasteiger partial charge in [-0.15, -0.1) is 0 Å². The van der Waals surface area contributed by atoms with Gasteiger partial charge in [0.05, 0.1) is 6.10 Å². The van der Waals surface area contributed by atoms with Crippen LogP contribution >= 0.6 is 11.8 Å². The molecule has 0 atom stereocenters. The van der Waals surface area contributed by atoms with Crippen molar-refractivity contribution >= 4 is 11.8 Å². The Labute approximate surface area is 151 Å². The third-order valence-electron chi connectivity index (χ3n) is 6.57. The summed E-state index contributed by atoms with van der Waals surface area (Å²) >= 11 is 1.46. The van der Waals surface area contributed by atoms with Crippen molar-refractivity contribution in [3.63, 3.8) is 0 Å². The van der Waals surface area contributed by atoms with Gasteiger partial charge >= 0.3 is 0 Å². The molecule has 0 aliphatic heterocycles. The second kappa shape index (κ2) is 9.17. The second-order valence-electron chi connectivity index (χ2n) is 8.15. The van der Waals surface area contributed by atoms with Gasteiger partial charge in [-0.05, 0) is 101 Å². The zero-order valence-corrected chi connectivity index (χ0v) is 15.6. The Bertz CT molecular complexity index is 478. The van der Waals surface area contributed by atoms with Gasteiger partial charge in [0.2, 0.25) is 0 Å². The molecule has 24 heavy (non-hydrogen) atoms. The maximum Gasteiger partial charge on any atom is 0.133 e. The monoisotopic (exact) mass is 345 g/mol. The van der Waals surface area contributed by atoms with Crippen molar-refractivity contribution in [2.45, 2.75) is 88.4 Å². The van der Waals surface area contributed by atoms with Crippen LogP contribution in [0.25, 0.3) is 0 Å². The summed E-state index contributed by atoms with van der Waals surface area (Å²) in [5, 5.41) is 21.2. The molecule has 0 radical (unpaired) electrons. The topological polar surface area (TPSA) is 44.0 Å². The van der Waals surface area contributed by atoms with Crippen LogP contribution in [-0.2, 0) is 0 Å². The fourth-order valence-corrected chi connectivity index (χ4v) is 5.60. The number of aliphatic hydroxyl groups is 1. The van der Waals surface area contributed by atoms with Gasteiger partial charge in [-0.1, -0.05) is 11.8 Å². The summed E-state index contributed by atoms with van der Waals surface area (Å²) in [5.74, 6) is 10.2. The van der Waals surface area contributed by atoms with Gasteiger partial charge in [-0.25, -0.2) is 0 Å². The lowest BCUT2D eigenvalue weighted by molar-refractivity contribution is 0.0797. The molecule has 3 saturated carbocycles. The second-order valence-corrected chi connectivity index (χ2v) is 9.24. The van der Waals surface area contributed by atoms with Gasteiger partial charge in [0, 0.05) is 17.1 Å². The lowest BCUT2D eigenvalue weighted by Gasteiger charge is -2.36. The Morgan fingerprint density at radius 1 is 0.667 bits per heavy atom. The average Bonchev–Trinajstić information content (AvgIpc) is 2.63. The number of nitrogens with zero attached hydrogens (tertiary/aromatic N) is 1. The molecule has 0 aromatic rings. The van der Waals surface area contributed by atoms with Crippen molar-refractivity contribution in [2.24, 2.45) is 23.7 Å². The summed E-state index contributed by atoms with van der Waals surface area (Å²) in [7, 11) is 0. The quantitative estimate of drug-likeness (QED) is 0.558.